The van der Waals surface area contributed by atoms with Gasteiger partial charge in [0.25, 0.3) is 5.91 Å². The fraction of sp³-hybridized carbons (Fsp3) is 0.500. The van der Waals surface area contributed by atoms with Crippen molar-refractivity contribution in [3.8, 4) is 5.75 Å². The predicted molar refractivity (Wildman–Crippen MR) is 105 cm³/mol. The van der Waals surface area contributed by atoms with Gasteiger partial charge in [0.05, 0.1) is 29.4 Å². The zero-order chi connectivity index (χ0) is 18.1. The van der Waals surface area contributed by atoms with Crippen LogP contribution in [0.1, 0.15) is 53.1 Å². The number of nitrogens with zero attached hydrogens (tertiary/aromatic N) is 3. The second-order valence-corrected chi connectivity index (χ2v) is 7.18. The number of para-hydroxylation sites is 1. The summed E-state index contributed by atoms with van der Waals surface area (Å²) in [5.41, 5.74) is 2.10. The molecule has 1 unspecified atom stereocenters. The highest BCUT2D eigenvalue weighted by Gasteiger charge is 2.28. The van der Waals surface area contributed by atoms with Gasteiger partial charge in [-0.1, -0.05) is 28.9 Å². The third kappa shape index (κ3) is 3.90. The molecule has 2 aliphatic rings. The molecule has 0 saturated carbocycles. The molecule has 2 aliphatic heterocycles. The van der Waals surface area contributed by atoms with Gasteiger partial charge in [0.1, 0.15) is 5.75 Å². The third-order valence-corrected chi connectivity index (χ3v) is 5.43. The van der Waals surface area contributed by atoms with Crippen molar-refractivity contribution in [1.29, 1.82) is 0 Å². The van der Waals surface area contributed by atoms with Gasteiger partial charge in [-0.15, -0.1) is 17.5 Å². The molecule has 1 atom stereocenters. The zero-order valence-electron chi connectivity index (χ0n) is 15.1. The number of rotatable bonds is 3. The number of fused-ring (bicyclic) bond motifs is 1. The average molecular weight is 412 g/mol. The SMILES string of the molecule is Cc1c(C(=O)NC2CCOc3c(Cl)cccc32)nnn1C1CCNCC1.Cl. The molecule has 146 valence electrons. The van der Waals surface area contributed by atoms with Gasteiger partial charge in [0.15, 0.2) is 5.69 Å². The Balaban J connectivity index is 0.00000210. The van der Waals surface area contributed by atoms with Gasteiger partial charge in [-0.3, -0.25) is 4.79 Å². The van der Waals surface area contributed by atoms with Gasteiger partial charge in [-0.25, -0.2) is 4.68 Å². The second kappa shape index (κ2) is 8.46. The molecule has 2 N–H and O–H groups in total. The Morgan fingerprint density at radius 1 is 1.33 bits per heavy atom. The minimum atomic E-state index is -0.208. The number of halogens is 2. The van der Waals surface area contributed by atoms with Gasteiger partial charge >= 0.3 is 0 Å². The summed E-state index contributed by atoms with van der Waals surface area (Å²) in [7, 11) is 0. The molecule has 0 spiro atoms. The lowest BCUT2D eigenvalue weighted by molar-refractivity contribution is 0.0919. The van der Waals surface area contributed by atoms with E-state index in [1.165, 1.54) is 0 Å². The molecule has 1 fully saturated rings. The summed E-state index contributed by atoms with van der Waals surface area (Å²) in [5, 5.41) is 15.4. The van der Waals surface area contributed by atoms with E-state index in [4.69, 9.17) is 16.3 Å². The normalized spacial score (nSPS) is 19.6. The van der Waals surface area contributed by atoms with Crippen LogP contribution in [0.3, 0.4) is 0 Å². The van der Waals surface area contributed by atoms with E-state index in [2.05, 4.69) is 20.9 Å². The fourth-order valence-electron chi connectivity index (χ4n) is 3.71. The molecule has 27 heavy (non-hydrogen) atoms. The maximum Gasteiger partial charge on any atom is 0.274 e. The molecule has 0 aliphatic carbocycles. The summed E-state index contributed by atoms with van der Waals surface area (Å²) < 4.78 is 7.55. The summed E-state index contributed by atoms with van der Waals surface area (Å²) in [6.07, 6.45) is 2.69. The van der Waals surface area contributed by atoms with Crippen molar-refractivity contribution in [2.75, 3.05) is 19.7 Å². The van der Waals surface area contributed by atoms with Crippen LogP contribution in [0, 0.1) is 6.92 Å². The first-order valence-electron chi connectivity index (χ1n) is 8.99. The van der Waals surface area contributed by atoms with E-state index < -0.39 is 0 Å². The van der Waals surface area contributed by atoms with Crippen LogP contribution < -0.4 is 15.4 Å². The quantitative estimate of drug-likeness (QED) is 0.811. The Kier molecular flexibility index (Phi) is 6.24. The number of amides is 1. The maximum atomic E-state index is 12.8. The van der Waals surface area contributed by atoms with Crippen molar-refractivity contribution in [1.82, 2.24) is 25.6 Å². The first-order chi connectivity index (χ1) is 12.6. The number of carbonyl (C=O) groups excluding carboxylic acids is 1. The summed E-state index contributed by atoms with van der Waals surface area (Å²) in [5.74, 6) is 0.446. The Hall–Kier alpha value is -1.83. The third-order valence-electron chi connectivity index (χ3n) is 5.13. The number of aromatic nitrogens is 3. The molecule has 7 nitrogen and oxygen atoms in total. The molecule has 0 radical (unpaired) electrons. The molecular formula is C18H23Cl2N5O2. The van der Waals surface area contributed by atoms with Gasteiger partial charge in [-0.2, -0.15) is 0 Å². The van der Waals surface area contributed by atoms with Gasteiger partial charge in [0, 0.05) is 12.0 Å². The Morgan fingerprint density at radius 2 is 2.11 bits per heavy atom. The number of ether oxygens (including phenoxy) is 1. The van der Waals surface area contributed by atoms with Crippen LogP contribution >= 0.6 is 24.0 Å². The summed E-state index contributed by atoms with van der Waals surface area (Å²) in [6, 6.07) is 5.75. The highest BCUT2D eigenvalue weighted by Crippen LogP contribution is 2.37. The van der Waals surface area contributed by atoms with Crippen LogP contribution in [0.25, 0.3) is 0 Å². The largest absolute Gasteiger partial charge is 0.492 e. The first-order valence-corrected chi connectivity index (χ1v) is 9.37. The topological polar surface area (TPSA) is 81.1 Å². The van der Waals surface area contributed by atoms with Crippen LogP contribution in [-0.4, -0.2) is 40.6 Å². The van der Waals surface area contributed by atoms with E-state index in [0.717, 1.165) is 37.2 Å². The molecule has 2 aromatic rings. The molecule has 1 saturated heterocycles. The standard InChI is InChI=1S/C18H22ClN5O2.ClH/c1-11-16(22-23-24(11)12-5-8-20-9-6-12)18(25)21-15-7-10-26-17-13(15)3-2-4-14(17)19;/h2-4,12,15,20H,5-10H2,1H3,(H,21,25);1H. The molecule has 1 aromatic heterocycles. The number of piperidine rings is 1. The smallest absolute Gasteiger partial charge is 0.274 e. The van der Waals surface area contributed by atoms with Crippen molar-refractivity contribution in [2.45, 2.75) is 38.3 Å². The monoisotopic (exact) mass is 411 g/mol. The zero-order valence-corrected chi connectivity index (χ0v) is 16.6. The Morgan fingerprint density at radius 3 is 2.89 bits per heavy atom. The fourth-order valence-corrected chi connectivity index (χ4v) is 3.95. The second-order valence-electron chi connectivity index (χ2n) is 6.77. The summed E-state index contributed by atoms with van der Waals surface area (Å²) >= 11 is 6.21. The number of hydrogen-bond donors (Lipinski definition) is 2. The summed E-state index contributed by atoms with van der Waals surface area (Å²) in [6.45, 7) is 4.35. The average Bonchev–Trinajstić information content (AvgIpc) is 3.05. The number of nitrogens with one attached hydrogen (secondary N) is 2. The Bertz CT molecular complexity index is 820. The van der Waals surface area contributed by atoms with Gasteiger partial charge in [0.2, 0.25) is 0 Å². The van der Waals surface area contributed by atoms with E-state index in [1.54, 1.807) is 6.07 Å². The molecule has 1 amide bonds. The molecule has 3 heterocycles. The maximum absolute atomic E-state index is 12.8. The van der Waals surface area contributed by atoms with Crippen molar-refractivity contribution in [2.24, 2.45) is 0 Å². The minimum absolute atomic E-state index is 0. The van der Waals surface area contributed by atoms with E-state index in [0.29, 0.717) is 35.5 Å². The first kappa shape index (κ1) is 19.9. The molecule has 0 bridgehead atoms. The van der Waals surface area contributed by atoms with Crippen LogP contribution in [0.2, 0.25) is 5.02 Å². The molecule has 1 aromatic carbocycles. The van der Waals surface area contributed by atoms with Gasteiger partial charge < -0.3 is 15.4 Å². The van der Waals surface area contributed by atoms with Crippen LogP contribution in [-0.2, 0) is 0 Å². The predicted octanol–water partition coefficient (Wildman–Crippen LogP) is 2.84. The van der Waals surface area contributed by atoms with E-state index in [-0.39, 0.29) is 24.4 Å². The number of benzene rings is 1. The van der Waals surface area contributed by atoms with Crippen LogP contribution in [0.4, 0.5) is 0 Å². The van der Waals surface area contributed by atoms with Crippen molar-refractivity contribution in [3.63, 3.8) is 0 Å². The van der Waals surface area contributed by atoms with E-state index >= 15 is 0 Å². The highest BCUT2D eigenvalue weighted by molar-refractivity contribution is 6.32. The lowest BCUT2D eigenvalue weighted by atomic mass is 10.0. The molecule has 4 rings (SSSR count). The summed E-state index contributed by atoms with van der Waals surface area (Å²) in [4.78, 5) is 12.8. The lowest BCUT2D eigenvalue weighted by Gasteiger charge is -2.27. The van der Waals surface area contributed by atoms with E-state index in [1.807, 2.05) is 23.7 Å². The lowest BCUT2D eigenvalue weighted by Crippen LogP contribution is -2.33. The number of hydrogen-bond acceptors (Lipinski definition) is 5. The van der Waals surface area contributed by atoms with Crippen molar-refractivity contribution < 1.29 is 9.53 Å². The number of carbonyl (C=O) groups is 1. The van der Waals surface area contributed by atoms with Crippen molar-refractivity contribution in [3.05, 3.63) is 40.2 Å². The van der Waals surface area contributed by atoms with E-state index in [9.17, 15) is 4.79 Å². The van der Waals surface area contributed by atoms with Gasteiger partial charge in [-0.05, 0) is 38.9 Å². The minimum Gasteiger partial charge on any atom is -0.492 e. The highest BCUT2D eigenvalue weighted by atomic mass is 35.5. The molecule has 9 heteroatoms. The van der Waals surface area contributed by atoms with Crippen molar-refractivity contribution >= 4 is 29.9 Å². The van der Waals surface area contributed by atoms with Crippen LogP contribution in [0.15, 0.2) is 18.2 Å². The van der Waals surface area contributed by atoms with Crippen LogP contribution in [0.5, 0.6) is 5.75 Å². The Labute approximate surface area is 169 Å². The molecular weight excluding hydrogens is 389 g/mol.